The zero-order valence-electron chi connectivity index (χ0n) is 14.0. The number of carbonyl (C=O) groups is 3. The molecule has 4 atom stereocenters. The number of ether oxygens (including phenoxy) is 1. The first-order chi connectivity index (χ1) is 11.9. The maximum Gasteiger partial charge on any atom is 0.347 e. The summed E-state index contributed by atoms with van der Waals surface area (Å²) in [6.45, 7) is 1.29. The minimum absolute atomic E-state index is 0.154. The molecule has 2 rings (SSSR count). The molecule has 0 bridgehead atoms. The van der Waals surface area contributed by atoms with Crippen LogP contribution >= 0.6 is 0 Å². The van der Waals surface area contributed by atoms with Crippen molar-refractivity contribution < 1.29 is 34.4 Å². The summed E-state index contributed by atoms with van der Waals surface area (Å²) >= 11 is 0. The molecular weight excluding hydrogens is 354 g/mol. The number of aliphatic hydroxyl groups excluding tert-OH is 1. The fourth-order valence-corrected chi connectivity index (χ4v) is 3.29. The van der Waals surface area contributed by atoms with Crippen LogP contribution in [0, 0.1) is 0 Å². The number of Topliss-reactive ketones (excluding diaryl/α,β-unsaturated/α-hetero) is 3. The molecule has 4 N–H and O–H groups in total. The van der Waals surface area contributed by atoms with Crippen molar-refractivity contribution >= 4 is 17.3 Å². The lowest BCUT2D eigenvalue weighted by molar-refractivity contribution is -0.211. The Balaban J connectivity index is 3.03. The van der Waals surface area contributed by atoms with Gasteiger partial charge in [-0.3, -0.25) is 24.2 Å². The Kier molecular flexibility index (Phi) is 4.58. The van der Waals surface area contributed by atoms with Crippen LogP contribution in [-0.2, 0) is 24.8 Å². The molecule has 0 aromatic carbocycles. The standard InChI is InChI=1S/C14H17N3O9/c1-6(19)12(24)9(5-18)26-14(8(3)21,13(12,25)7(2)20)17-11(23)16-10(22)4-15-17/h4,9,18,24-25H,5H2,1-3H3,(H,16,22,23)/t9-,12-,13-,14-/m1/s1. The van der Waals surface area contributed by atoms with Crippen LogP contribution in [0.3, 0.4) is 0 Å². The fraction of sp³-hybridized carbons (Fsp3) is 0.571. The summed E-state index contributed by atoms with van der Waals surface area (Å²) in [5.74, 6) is -3.69. The molecule has 1 aliphatic rings. The fourth-order valence-electron chi connectivity index (χ4n) is 3.29. The smallest absolute Gasteiger partial charge is 0.347 e. The van der Waals surface area contributed by atoms with Gasteiger partial charge in [0.25, 0.3) is 11.3 Å². The van der Waals surface area contributed by atoms with Gasteiger partial charge in [0, 0.05) is 0 Å². The summed E-state index contributed by atoms with van der Waals surface area (Å²) in [4.78, 5) is 62.1. The van der Waals surface area contributed by atoms with E-state index >= 15 is 0 Å². The highest BCUT2D eigenvalue weighted by Crippen LogP contribution is 2.50. The zero-order chi connectivity index (χ0) is 20.1. The first-order valence-corrected chi connectivity index (χ1v) is 7.36. The van der Waals surface area contributed by atoms with Gasteiger partial charge in [-0.15, -0.1) is 0 Å². The molecule has 2 heterocycles. The second-order valence-electron chi connectivity index (χ2n) is 5.93. The molecule has 1 aromatic rings. The van der Waals surface area contributed by atoms with Crippen molar-refractivity contribution in [2.75, 3.05) is 6.61 Å². The molecule has 1 aliphatic heterocycles. The number of aromatic amines is 1. The van der Waals surface area contributed by atoms with Crippen molar-refractivity contribution in [3.63, 3.8) is 0 Å². The molecule has 12 heteroatoms. The van der Waals surface area contributed by atoms with Crippen molar-refractivity contribution in [1.82, 2.24) is 14.8 Å². The van der Waals surface area contributed by atoms with Gasteiger partial charge in [0.2, 0.25) is 5.60 Å². The van der Waals surface area contributed by atoms with Gasteiger partial charge in [-0.1, -0.05) is 0 Å². The molecule has 142 valence electrons. The topological polar surface area (TPSA) is 189 Å². The SMILES string of the molecule is CC(=O)[C@@]1(O)[C@@](O)(C(C)=O)[C@@H](CO)O[C@@]1(C(C)=O)n1ncc(=O)[nH]c1=O. The maximum absolute atomic E-state index is 12.5. The third-order valence-corrected chi connectivity index (χ3v) is 4.52. The van der Waals surface area contributed by atoms with Gasteiger partial charge < -0.3 is 20.1 Å². The number of ketones is 3. The highest BCUT2D eigenvalue weighted by molar-refractivity contribution is 6.04. The third kappa shape index (κ3) is 2.10. The van der Waals surface area contributed by atoms with Crippen LogP contribution in [0.25, 0.3) is 0 Å². The number of carbonyl (C=O) groups excluding carboxylic acids is 3. The predicted molar refractivity (Wildman–Crippen MR) is 81.0 cm³/mol. The predicted octanol–water partition coefficient (Wildman–Crippen LogP) is -3.80. The van der Waals surface area contributed by atoms with Gasteiger partial charge in [-0.05, 0) is 20.8 Å². The van der Waals surface area contributed by atoms with E-state index in [1.807, 2.05) is 0 Å². The Morgan fingerprint density at radius 1 is 1.19 bits per heavy atom. The van der Waals surface area contributed by atoms with Crippen LogP contribution in [0.4, 0.5) is 0 Å². The quantitative estimate of drug-likeness (QED) is 0.399. The number of nitrogens with zero attached hydrogens (tertiary/aromatic N) is 2. The number of nitrogens with one attached hydrogen (secondary N) is 1. The molecule has 1 saturated heterocycles. The molecule has 0 amide bonds. The number of hydrogen-bond donors (Lipinski definition) is 4. The Bertz CT molecular complexity index is 905. The van der Waals surface area contributed by atoms with Gasteiger partial charge in [0.15, 0.2) is 23.0 Å². The van der Waals surface area contributed by atoms with E-state index in [0.29, 0.717) is 6.20 Å². The van der Waals surface area contributed by atoms with E-state index in [0.717, 1.165) is 20.8 Å². The van der Waals surface area contributed by atoms with E-state index in [9.17, 15) is 39.3 Å². The minimum atomic E-state index is -3.32. The summed E-state index contributed by atoms with van der Waals surface area (Å²) < 4.78 is 5.41. The second-order valence-corrected chi connectivity index (χ2v) is 5.93. The van der Waals surface area contributed by atoms with Crippen molar-refractivity contribution in [2.45, 2.75) is 43.8 Å². The van der Waals surface area contributed by atoms with Crippen molar-refractivity contribution in [2.24, 2.45) is 0 Å². The number of rotatable bonds is 5. The van der Waals surface area contributed by atoms with E-state index < -0.39 is 58.2 Å². The highest BCUT2D eigenvalue weighted by Gasteiger charge is 2.81. The Morgan fingerprint density at radius 3 is 2.15 bits per heavy atom. The Morgan fingerprint density at radius 2 is 1.77 bits per heavy atom. The average molecular weight is 371 g/mol. The summed E-state index contributed by atoms with van der Waals surface area (Å²) in [6, 6.07) is 0. The minimum Gasteiger partial charge on any atom is -0.394 e. The van der Waals surface area contributed by atoms with E-state index in [2.05, 4.69) is 5.10 Å². The average Bonchev–Trinajstić information content (AvgIpc) is 2.76. The van der Waals surface area contributed by atoms with E-state index in [1.54, 1.807) is 4.98 Å². The van der Waals surface area contributed by atoms with Gasteiger partial charge in [0.05, 0.1) is 6.61 Å². The largest absolute Gasteiger partial charge is 0.394 e. The number of aromatic nitrogens is 3. The summed E-state index contributed by atoms with van der Waals surface area (Å²) in [5.41, 5.74) is -11.7. The molecule has 0 radical (unpaired) electrons. The molecular formula is C14H17N3O9. The summed E-state index contributed by atoms with van der Waals surface area (Å²) in [5, 5.41) is 34.9. The summed E-state index contributed by atoms with van der Waals surface area (Å²) in [6.07, 6.45) is -1.38. The van der Waals surface area contributed by atoms with Crippen LogP contribution in [0.1, 0.15) is 20.8 Å². The van der Waals surface area contributed by atoms with Crippen LogP contribution in [0.2, 0.25) is 0 Å². The first-order valence-electron chi connectivity index (χ1n) is 7.36. The van der Waals surface area contributed by atoms with Crippen LogP contribution in [0.15, 0.2) is 15.8 Å². The van der Waals surface area contributed by atoms with Crippen LogP contribution in [-0.4, -0.2) is 71.3 Å². The lowest BCUT2D eigenvalue weighted by Gasteiger charge is -2.41. The van der Waals surface area contributed by atoms with Crippen molar-refractivity contribution in [1.29, 1.82) is 0 Å². The molecule has 1 fully saturated rings. The molecule has 0 spiro atoms. The van der Waals surface area contributed by atoms with Crippen molar-refractivity contribution in [3.8, 4) is 0 Å². The second kappa shape index (κ2) is 6.02. The van der Waals surface area contributed by atoms with E-state index in [-0.39, 0.29) is 4.68 Å². The molecule has 0 unspecified atom stereocenters. The molecule has 0 saturated carbocycles. The van der Waals surface area contributed by atoms with E-state index in [4.69, 9.17) is 4.74 Å². The van der Waals surface area contributed by atoms with Crippen LogP contribution < -0.4 is 11.2 Å². The van der Waals surface area contributed by atoms with Gasteiger partial charge in [-0.2, -0.15) is 9.78 Å². The molecule has 0 aliphatic carbocycles. The lowest BCUT2D eigenvalue weighted by atomic mass is 9.69. The normalized spacial score (nSPS) is 33.8. The van der Waals surface area contributed by atoms with Crippen LogP contribution in [0.5, 0.6) is 0 Å². The lowest BCUT2D eigenvalue weighted by Crippen LogP contribution is -2.74. The maximum atomic E-state index is 12.5. The van der Waals surface area contributed by atoms with Gasteiger partial charge in [0.1, 0.15) is 12.3 Å². The number of hydrogen-bond acceptors (Lipinski definition) is 10. The Labute approximate surface area is 145 Å². The third-order valence-electron chi connectivity index (χ3n) is 4.52. The Hall–Kier alpha value is -2.54. The summed E-state index contributed by atoms with van der Waals surface area (Å²) in [7, 11) is 0. The molecule has 1 aromatic heterocycles. The first kappa shape index (κ1) is 19.8. The van der Waals surface area contributed by atoms with Crippen molar-refractivity contribution in [3.05, 3.63) is 27.0 Å². The number of aliphatic hydroxyl groups is 3. The van der Waals surface area contributed by atoms with Gasteiger partial charge >= 0.3 is 5.69 Å². The van der Waals surface area contributed by atoms with Gasteiger partial charge in [-0.25, -0.2) is 4.79 Å². The molecule has 12 nitrogen and oxygen atoms in total. The highest BCUT2D eigenvalue weighted by atomic mass is 16.6. The van der Waals surface area contributed by atoms with E-state index in [1.165, 1.54) is 0 Å². The molecule has 26 heavy (non-hydrogen) atoms. The zero-order valence-corrected chi connectivity index (χ0v) is 14.0. The number of H-pyrrole nitrogens is 1. The monoisotopic (exact) mass is 371 g/mol.